The molecule has 1 saturated heterocycles. The predicted octanol–water partition coefficient (Wildman–Crippen LogP) is 3.44. The first kappa shape index (κ1) is 19.5. The number of aliphatic imine (C=N–C) groups is 1. The Labute approximate surface area is 165 Å². The number of ether oxygens (including phenoxy) is 1. The van der Waals surface area contributed by atoms with Gasteiger partial charge in [-0.1, -0.05) is 18.2 Å². The highest BCUT2D eigenvalue weighted by atomic mass is 32.2. The van der Waals surface area contributed by atoms with Crippen LogP contribution in [0.3, 0.4) is 0 Å². The third kappa shape index (κ3) is 4.72. The Morgan fingerprint density at radius 2 is 1.96 bits per heavy atom. The maximum atomic E-state index is 12.2. The molecule has 0 aromatic heterocycles. The largest absolute Gasteiger partial charge is 0.506 e. The molecule has 7 nitrogen and oxygen atoms in total. The number of amidine groups is 1. The molecular weight excluding hydrogens is 380 g/mol. The molecule has 1 fully saturated rings. The fraction of sp³-hybridized carbons (Fsp3) is 0.150. The normalized spacial score (nSPS) is 17.6. The quantitative estimate of drug-likeness (QED) is 0.666. The van der Waals surface area contributed by atoms with Crippen LogP contribution >= 0.6 is 11.8 Å². The van der Waals surface area contributed by atoms with Crippen LogP contribution in [0.15, 0.2) is 52.4 Å². The lowest BCUT2D eigenvalue weighted by atomic mass is 10.2. The van der Waals surface area contributed by atoms with E-state index in [4.69, 9.17) is 9.84 Å². The van der Waals surface area contributed by atoms with Crippen molar-refractivity contribution in [3.63, 3.8) is 0 Å². The molecule has 1 heterocycles. The van der Waals surface area contributed by atoms with Crippen molar-refractivity contribution in [3.8, 4) is 11.5 Å². The first-order valence-corrected chi connectivity index (χ1v) is 9.22. The van der Waals surface area contributed by atoms with Crippen molar-refractivity contribution < 1.29 is 24.5 Å². The van der Waals surface area contributed by atoms with Gasteiger partial charge in [-0.05, 0) is 67.1 Å². The van der Waals surface area contributed by atoms with E-state index in [9.17, 15) is 14.7 Å². The Bertz CT molecular complexity index is 983. The number of rotatable bonds is 5. The highest BCUT2D eigenvalue weighted by Gasteiger charge is 2.24. The number of aromatic hydroxyl groups is 1. The lowest BCUT2D eigenvalue weighted by molar-refractivity contribution is -0.144. The van der Waals surface area contributed by atoms with E-state index in [0.717, 1.165) is 11.1 Å². The van der Waals surface area contributed by atoms with Crippen LogP contribution in [-0.2, 0) is 9.59 Å². The summed E-state index contributed by atoms with van der Waals surface area (Å²) in [5.41, 5.74) is 2.05. The van der Waals surface area contributed by atoms with E-state index in [0.29, 0.717) is 21.5 Å². The first-order chi connectivity index (χ1) is 13.3. The smallest absolute Gasteiger partial charge is 0.344 e. The molecule has 1 aliphatic rings. The summed E-state index contributed by atoms with van der Waals surface area (Å²) in [6.07, 6.45) is 0.749. The SMILES string of the molecule is Cc1ccc(N=C2NC(=O)/C(=C/c3ccc(OC(C)C(=O)O)cc3)S2)c(O)c1. The summed E-state index contributed by atoms with van der Waals surface area (Å²) in [7, 11) is 0. The van der Waals surface area contributed by atoms with Gasteiger partial charge >= 0.3 is 5.97 Å². The minimum Gasteiger partial charge on any atom is -0.506 e. The van der Waals surface area contributed by atoms with Crippen LogP contribution in [-0.4, -0.2) is 33.4 Å². The van der Waals surface area contributed by atoms with Crippen molar-refractivity contribution in [3.05, 3.63) is 58.5 Å². The van der Waals surface area contributed by atoms with Crippen molar-refractivity contribution in [1.82, 2.24) is 5.32 Å². The summed E-state index contributed by atoms with van der Waals surface area (Å²) >= 11 is 1.17. The average Bonchev–Trinajstić information content (AvgIpc) is 2.98. The molecule has 0 radical (unpaired) electrons. The third-order valence-corrected chi connectivity index (χ3v) is 4.75. The van der Waals surface area contributed by atoms with Crippen molar-refractivity contribution >= 4 is 40.6 Å². The van der Waals surface area contributed by atoms with Gasteiger partial charge in [0.05, 0.1) is 4.91 Å². The van der Waals surface area contributed by atoms with Crippen LogP contribution in [0, 0.1) is 6.92 Å². The zero-order valence-corrected chi connectivity index (χ0v) is 16.0. The lowest BCUT2D eigenvalue weighted by Crippen LogP contribution is -2.22. The van der Waals surface area contributed by atoms with E-state index in [1.165, 1.54) is 18.7 Å². The van der Waals surface area contributed by atoms with E-state index in [1.54, 1.807) is 42.5 Å². The van der Waals surface area contributed by atoms with Crippen LogP contribution in [0.25, 0.3) is 6.08 Å². The van der Waals surface area contributed by atoms with Crippen LogP contribution in [0.2, 0.25) is 0 Å². The summed E-state index contributed by atoms with van der Waals surface area (Å²) in [5.74, 6) is -0.851. The number of nitrogens with one attached hydrogen (secondary N) is 1. The van der Waals surface area contributed by atoms with Crippen LogP contribution in [0.4, 0.5) is 5.69 Å². The summed E-state index contributed by atoms with van der Waals surface area (Å²) in [6, 6.07) is 11.9. The summed E-state index contributed by atoms with van der Waals surface area (Å²) in [6.45, 7) is 3.31. The number of phenols is 1. The standard InChI is InChI=1S/C20H18N2O5S/c1-11-3-8-15(16(23)9-11)21-20-22-18(24)17(28-20)10-13-4-6-14(7-5-13)27-12(2)19(25)26/h3-10,12,23H,1-2H3,(H,25,26)(H,21,22,24)/b17-10-. The molecule has 0 aliphatic carbocycles. The molecule has 28 heavy (non-hydrogen) atoms. The zero-order chi connectivity index (χ0) is 20.3. The molecule has 0 saturated carbocycles. The molecule has 144 valence electrons. The maximum Gasteiger partial charge on any atom is 0.344 e. The topological polar surface area (TPSA) is 108 Å². The Hall–Kier alpha value is -3.26. The van der Waals surface area contributed by atoms with Gasteiger partial charge in [-0.15, -0.1) is 0 Å². The number of thioether (sulfide) groups is 1. The summed E-state index contributed by atoms with van der Waals surface area (Å²) < 4.78 is 5.28. The number of carbonyl (C=O) groups excluding carboxylic acids is 1. The monoisotopic (exact) mass is 398 g/mol. The number of carboxylic acids is 1. The highest BCUT2D eigenvalue weighted by molar-refractivity contribution is 8.18. The molecule has 1 aliphatic heterocycles. The Balaban J connectivity index is 1.73. The van der Waals surface area contributed by atoms with E-state index < -0.39 is 12.1 Å². The predicted molar refractivity (Wildman–Crippen MR) is 108 cm³/mol. The van der Waals surface area contributed by atoms with Crippen molar-refractivity contribution in [1.29, 1.82) is 0 Å². The average molecular weight is 398 g/mol. The van der Waals surface area contributed by atoms with Crippen molar-refractivity contribution in [2.75, 3.05) is 0 Å². The number of hydrogen-bond acceptors (Lipinski definition) is 6. The minimum absolute atomic E-state index is 0.0472. The van der Waals surface area contributed by atoms with Gasteiger partial charge in [0.2, 0.25) is 0 Å². The lowest BCUT2D eigenvalue weighted by Gasteiger charge is -2.10. The molecule has 2 aromatic carbocycles. The Morgan fingerprint density at radius 3 is 2.61 bits per heavy atom. The molecule has 2 aromatic rings. The molecule has 3 N–H and O–H groups in total. The number of nitrogens with zero attached hydrogens (tertiary/aromatic N) is 1. The van der Waals surface area contributed by atoms with Gasteiger partial charge in [-0.3, -0.25) is 4.79 Å². The Morgan fingerprint density at radius 1 is 1.25 bits per heavy atom. The molecule has 1 amide bonds. The van der Waals surface area contributed by atoms with E-state index >= 15 is 0 Å². The number of carbonyl (C=O) groups is 2. The van der Waals surface area contributed by atoms with Gasteiger partial charge in [0.1, 0.15) is 17.2 Å². The molecule has 1 atom stereocenters. The van der Waals surface area contributed by atoms with E-state index in [-0.39, 0.29) is 11.7 Å². The third-order valence-electron chi connectivity index (χ3n) is 3.84. The molecule has 0 bridgehead atoms. The second kappa shape index (κ2) is 8.18. The number of amides is 1. The number of phenolic OH excluding ortho intramolecular Hbond substituents is 1. The first-order valence-electron chi connectivity index (χ1n) is 8.40. The fourth-order valence-electron chi connectivity index (χ4n) is 2.37. The highest BCUT2D eigenvalue weighted by Crippen LogP contribution is 2.32. The van der Waals surface area contributed by atoms with Gasteiger partial charge in [-0.2, -0.15) is 0 Å². The van der Waals surface area contributed by atoms with Crippen LogP contribution in [0.1, 0.15) is 18.1 Å². The van der Waals surface area contributed by atoms with Gasteiger partial charge in [-0.25, -0.2) is 9.79 Å². The number of aliphatic carboxylic acids is 1. The minimum atomic E-state index is -1.04. The number of aryl methyl sites for hydroxylation is 1. The number of hydrogen-bond donors (Lipinski definition) is 3. The zero-order valence-electron chi connectivity index (χ0n) is 15.2. The number of benzene rings is 2. The van der Waals surface area contributed by atoms with Crippen molar-refractivity contribution in [2.45, 2.75) is 20.0 Å². The fourth-order valence-corrected chi connectivity index (χ4v) is 3.20. The van der Waals surface area contributed by atoms with Crippen LogP contribution in [0.5, 0.6) is 11.5 Å². The summed E-state index contributed by atoms with van der Waals surface area (Å²) in [5, 5.41) is 21.9. The molecule has 0 spiro atoms. The molecule has 3 rings (SSSR count). The van der Waals surface area contributed by atoms with Crippen molar-refractivity contribution in [2.24, 2.45) is 4.99 Å². The second-order valence-corrected chi connectivity index (χ2v) is 7.17. The van der Waals surface area contributed by atoms with E-state index in [1.807, 2.05) is 13.0 Å². The van der Waals surface area contributed by atoms with E-state index in [2.05, 4.69) is 10.3 Å². The second-order valence-electron chi connectivity index (χ2n) is 6.14. The maximum absolute atomic E-state index is 12.2. The Kier molecular flexibility index (Phi) is 5.70. The van der Waals surface area contributed by atoms with Gasteiger partial charge in [0, 0.05) is 0 Å². The molecule has 1 unspecified atom stereocenters. The summed E-state index contributed by atoms with van der Waals surface area (Å²) in [4.78, 5) is 27.7. The van der Waals surface area contributed by atoms with Gasteiger partial charge < -0.3 is 20.3 Å². The van der Waals surface area contributed by atoms with Crippen LogP contribution < -0.4 is 10.1 Å². The molecular formula is C20H18N2O5S. The van der Waals surface area contributed by atoms with Gasteiger partial charge in [0.15, 0.2) is 11.3 Å². The number of carboxylic acid groups (broad SMARTS) is 1. The van der Waals surface area contributed by atoms with Gasteiger partial charge in [0.25, 0.3) is 5.91 Å². The molecule has 8 heteroatoms.